The lowest BCUT2D eigenvalue weighted by atomic mass is 9.76. The molecule has 0 saturated heterocycles. The maximum atomic E-state index is 11.1. The molecule has 1 saturated carbocycles. The van der Waals surface area contributed by atoms with Gasteiger partial charge in [0.15, 0.2) is 0 Å². The van der Waals surface area contributed by atoms with Crippen LogP contribution in [0.5, 0.6) is 0 Å². The Morgan fingerprint density at radius 2 is 2.00 bits per heavy atom. The van der Waals surface area contributed by atoms with Crippen LogP contribution in [0.2, 0.25) is 0 Å². The first-order valence-electron chi connectivity index (χ1n) is 7.33. The molecule has 4 heteroatoms. The van der Waals surface area contributed by atoms with E-state index in [9.17, 15) is 4.79 Å². The Bertz CT molecular complexity index is 294. The van der Waals surface area contributed by atoms with Gasteiger partial charge in [-0.15, -0.1) is 0 Å². The van der Waals surface area contributed by atoms with Crippen molar-refractivity contribution in [2.75, 3.05) is 13.7 Å². The van der Waals surface area contributed by atoms with Crippen molar-refractivity contribution in [2.45, 2.75) is 70.9 Å². The largest absolute Gasteiger partial charge is 0.480 e. The number of carboxylic acids is 1. The summed E-state index contributed by atoms with van der Waals surface area (Å²) >= 11 is 0. The molecule has 0 bridgehead atoms. The maximum absolute atomic E-state index is 11.1. The Morgan fingerprint density at radius 1 is 1.42 bits per heavy atom. The maximum Gasteiger partial charge on any atom is 0.323 e. The predicted molar refractivity (Wildman–Crippen MR) is 76.3 cm³/mol. The van der Waals surface area contributed by atoms with E-state index in [0.717, 1.165) is 19.3 Å². The van der Waals surface area contributed by atoms with Gasteiger partial charge in [-0.1, -0.05) is 13.8 Å². The van der Waals surface area contributed by atoms with Gasteiger partial charge >= 0.3 is 5.97 Å². The lowest BCUT2D eigenvalue weighted by Gasteiger charge is -2.34. The topological polar surface area (TPSA) is 58.6 Å². The van der Waals surface area contributed by atoms with Gasteiger partial charge < -0.3 is 15.2 Å². The number of rotatable bonds is 7. The van der Waals surface area contributed by atoms with Crippen LogP contribution < -0.4 is 5.32 Å². The molecule has 1 rings (SSSR count). The van der Waals surface area contributed by atoms with Gasteiger partial charge in [-0.2, -0.15) is 0 Å². The van der Waals surface area contributed by atoms with Crippen LogP contribution >= 0.6 is 0 Å². The summed E-state index contributed by atoms with van der Waals surface area (Å²) in [5.41, 5.74) is -0.369. The van der Waals surface area contributed by atoms with Gasteiger partial charge in [-0.25, -0.2) is 0 Å². The first-order chi connectivity index (χ1) is 8.79. The Balaban J connectivity index is 2.20. The second-order valence-corrected chi connectivity index (χ2v) is 6.73. The minimum Gasteiger partial charge on any atom is -0.480 e. The summed E-state index contributed by atoms with van der Waals surface area (Å²) in [5, 5.41) is 12.0. The quantitative estimate of drug-likeness (QED) is 0.699. The average molecular weight is 271 g/mol. The van der Waals surface area contributed by atoms with Gasteiger partial charge in [-0.05, 0) is 57.9 Å². The second kappa shape index (κ2) is 6.71. The molecular weight excluding hydrogens is 242 g/mol. The van der Waals surface area contributed by atoms with E-state index in [4.69, 9.17) is 9.84 Å². The van der Waals surface area contributed by atoms with Gasteiger partial charge in [0.25, 0.3) is 0 Å². The number of carboxylic acid groups (broad SMARTS) is 1. The van der Waals surface area contributed by atoms with E-state index in [1.165, 1.54) is 12.8 Å². The van der Waals surface area contributed by atoms with E-state index in [2.05, 4.69) is 19.2 Å². The number of hydrogen-bond acceptors (Lipinski definition) is 3. The summed E-state index contributed by atoms with van der Waals surface area (Å²) in [6.45, 7) is 7.01. The fourth-order valence-corrected chi connectivity index (χ4v) is 2.55. The normalized spacial score (nSPS) is 22.9. The minimum absolute atomic E-state index is 0.374. The number of carbonyl (C=O) groups is 1. The van der Waals surface area contributed by atoms with Crippen LogP contribution in [-0.4, -0.2) is 36.4 Å². The molecule has 0 aliphatic heterocycles. The molecular formula is C15H29NO3. The molecule has 1 fully saturated rings. The molecule has 1 aliphatic carbocycles. The van der Waals surface area contributed by atoms with Crippen LogP contribution in [0.1, 0.15) is 59.3 Å². The number of aliphatic carboxylic acids is 1. The summed E-state index contributed by atoms with van der Waals surface area (Å²) in [6.07, 6.45) is 6.46. The molecule has 4 nitrogen and oxygen atoms in total. The van der Waals surface area contributed by atoms with Crippen LogP contribution in [0.15, 0.2) is 0 Å². The van der Waals surface area contributed by atoms with Gasteiger partial charge in [0.05, 0.1) is 6.10 Å². The summed E-state index contributed by atoms with van der Waals surface area (Å²) in [7, 11) is 1.69. The van der Waals surface area contributed by atoms with Crippen molar-refractivity contribution in [1.29, 1.82) is 0 Å². The van der Waals surface area contributed by atoms with Crippen molar-refractivity contribution >= 4 is 5.97 Å². The van der Waals surface area contributed by atoms with Crippen LogP contribution in [0.3, 0.4) is 0 Å². The molecule has 19 heavy (non-hydrogen) atoms. The lowest BCUT2D eigenvalue weighted by Crippen LogP contribution is -2.47. The van der Waals surface area contributed by atoms with Crippen molar-refractivity contribution in [1.82, 2.24) is 5.32 Å². The Hall–Kier alpha value is -0.610. The predicted octanol–water partition coefficient (Wildman–Crippen LogP) is 2.81. The molecule has 0 aromatic carbocycles. The minimum atomic E-state index is -0.835. The molecule has 0 amide bonds. The first kappa shape index (κ1) is 16.4. The zero-order chi connectivity index (χ0) is 14.5. The Kier molecular flexibility index (Phi) is 5.81. The SMILES string of the molecule is CNC(C)(CCCOC1CCC(C)(C)CC1)C(=O)O. The summed E-state index contributed by atoms with van der Waals surface area (Å²) in [6, 6.07) is 0. The zero-order valence-corrected chi connectivity index (χ0v) is 12.8. The second-order valence-electron chi connectivity index (χ2n) is 6.73. The van der Waals surface area contributed by atoms with Crippen molar-refractivity contribution in [2.24, 2.45) is 5.41 Å². The average Bonchev–Trinajstić information content (AvgIpc) is 2.35. The monoisotopic (exact) mass is 271 g/mol. The van der Waals surface area contributed by atoms with Crippen LogP contribution in [0.25, 0.3) is 0 Å². The van der Waals surface area contributed by atoms with Gasteiger partial charge in [0, 0.05) is 6.61 Å². The molecule has 0 spiro atoms. The summed E-state index contributed by atoms with van der Waals surface area (Å²) < 4.78 is 5.88. The summed E-state index contributed by atoms with van der Waals surface area (Å²) in [5.74, 6) is -0.797. The molecule has 2 N–H and O–H groups in total. The van der Waals surface area contributed by atoms with Gasteiger partial charge in [0.1, 0.15) is 5.54 Å². The molecule has 0 aromatic rings. The van der Waals surface area contributed by atoms with Crippen LogP contribution in [0, 0.1) is 5.41 Å². The van der Waals surface area contributed by atoms with Crippen molar-refractivity contribution in [3.8, 4) is 0 Å². The van der Waals surface area contributed by atoms with E-state index in [1.54, 1.807) is 14.0 Å². The highest BCUT2D eigenvalue weighted by Gasteiger charge is 2.31. The van der Waals surface area contributed by atoms with Crippen molar-refractivity contribution in [3.63, 3.8) is 0 Å². The zero-order valence-electron chi connectivity index (χ0n) is 12.8. The van der Waals surface area contributed by atoms with E-state index in [0.29, 0.717) is 24.5 Å². The smallest absolute Gasteiger partial charge is 0.323 e. The van der Waals surface area contributed by atoms with Crippen LogP contribution in [0.4, 0.5) is 0 Å². The number of ether oxygens (including phenoxy) is 1. The van der Waals surface area contributed by atoms with E-state index < -0.39 is 11.5 Å². The molecule has 1 atom stereocenters. The van der Waals surface area contributed by atoms with Crippen molar-refractivity contribution in [3.05, 3.63) is 0 Å². The fourth-order valence-electron chi connectivity index (χ4n) is 2.55. The highest BCUT2D eigenvalue weighted by molar-refractivity contribution is 5.78. The lowest BCUT2D eigenvalue weighted by molar-refractivity contribution is -0.144. The Morgan fingerprint density at radius 3 is 2.47 bits per heavy atom. The molecule has 0 radical (unpaired) electrons. The van der Waals surface area contributed by atoms with E-state index in [1.807, 2.05) is 0 Å². The molecule has 0 aromatic heterocycles. The third-order valence-corrected chi connectivity index (χ3v) is 4.48. The third kappa shape index (κ3) is 5.11. The van der Waals surface area contributed by atoms with Gasteiger partial charge in [-0.3, -0.25) is 4.79 Å². The molecule has 0 heterocycles. The number of nitrogens with one attached hydrogen (secondary N) is 1. The van der Waals surface area contributed by atoms with Gasteiger partial charge in [0.2, 0.25) is 0 Å². The molecule has 112 valence electrons. The number of likely N-dealkylation sites (N-methyl/N-ethyl adjacent to an activating group) is 1. The molecule has 1 unspecified atom stereocenters. The highest BCUT2D eigenvalue weighted by atomic mass is 16.5. The fraction of sp³-hybridized carbons (Fsp3) is 0.933. The highest BCUT2D eigenvalue weighted by Crippen LogP contribution is 2.36. The third-order valence-electron chi connectivity index (χ3n) is 4.48. The van der Waals surface area contributed by atoms with E-state index >= 15 is 0 Å². The Labute approximate surface area is 116 Å². The van der Waals surface area contributed by atoms with Crippen molar-refractivity contribution < 1.29 is 14.6 Å². The molecule has 1 aliphatic rings. The standard InChI is InChI=1S/C15H29NO3/c1-14(2)9-6-12(7-10-14)19-11-5-8-15(3,16-4)13(17)18/h12,16H,5-11H2,1-4H3,(H,17,18). The van der Waals surface area contributed by atoms with Crippen LogP contribution in [-0.2, 0) is 9.53 Å². The summed E-state index contributed by atoms with van der Waals surface area (Å²) in [4.78, 5) is 11.1. The number of hydrogen-bond donors (Lipinski definition) is 2. The van der Waals surface area contributed by atoms with E-state index in [-0.39, 0.29) is 0 Å². The first-order valence-corrected chi connectivity index (χ1v) is 7.33.